The first-order valence-corrected chi connectivity index (χ1v) is 9.89. The molecule has 0 spiro atoms. The van der Waals surface area contributed by atoms with Crippen molar-refractivity contribution in [1.82, 2.24) is 24.6 Å². The fourth-order valence-electron chi connectivity index (χ4n) is 3.50. The molecule has 29 heavy (non-hydrogen) atoms. The lowest BCUT2D eigenvalue weighted by atomic mass is 10.3. The molecule has 150 valence electrons. The van der Waals surface area contributed by atoms with Gasteiger partial charge in [0.1, 0.15) is 5.82 Å². The highest BCUT2D eigenvalue weighted by molar-refractivity contribution is 6.02. The summed E-state index contributed by atoms with van der Waals surface area (Å²) in [7, 11) is 0. The summed E-state index contributed by atoms with van der Waals surface area (Å²) in [5, 5.41) is 2.84. The third-order valence-electron chi connectivity index (χ3n) is 5.03. The number of carbonyl (C=O) groups excluding carboxylic acids is 2. The van der Waals surface area contributed by atoms with Crippen LogP contribution in [0, 0.1) is 0 Å². The number of rotatable bonds is 5. The molecule has 0 atom stereocenters. The smallest absolute Gasteiger partial charge is 0.290 e. The van der Waals surface area contributed by atoms with Gasteiger partial charge < -0.3 is 15.1 Å². The fraction of sp³-hybridized carbons (Fsp3) is 0.333. The predicted molar refractivity (Wildman–Crippen MR) is 110 cm³/mol. The number of pyridine rings is 2. The lowest BCUT2D eigenvalue weighted by Gasteiger charge is -2.35. The molecule has 8 heteroatoms. The average molecular weight is 392 g/mol. The Balaban J connectivity index is 1.54. The largest absolute Gasteiger partial charge is 0.353 e. The lowest BCUT2D eigenvalue weighted by Crippen LogP contribution is -2.49. The summed E-state index contributed by atoms with van der Waals surface area (Å²) in [5.74, 6) is 0.769. The molecule has 1 fully saturated rings. The Morgan fingerprint density at radius 3 is 2.59 bits per heavy atom. The highest BCUT2D eigenvalue weighted by Crippen LogP contribution is 2.17. The Labute approximate surface area is 169 Å². The van der Waals surface area contributed by atoms with E-state index in [1.807, 2.05) is 43.3 Å². The molecular formula is C21H24N6O2. The van der Waals surface area contributed by atoms with Gasteiger partial charge >= 0.3 is 0 Å². The minimum atomic E-state index is -0.255. The molecule has 4 heterocycles. The second kappa shape index (κ2) is 8.30. The van der Waals surface area contributed by atoms with E-state index in [0.29, 0.717) is 38.2 Å². The Morgan fingerprint density at radius 2 is 1.86 bits per heavy atom. The van der Waals surface area contributed by atoms with Crippen LogP contribution in [0.1, 0.15) is 34.5 Å². The highest BCUT2D eigenvalue weighted by Gasteiger charge is 2.28. The molecule has 0 bridgehead atoms. The molecule has 2 amide bonds. The third-order valence-corrected chi connectivity index (χ3v) is 5.03. The summed E-state index contributed by atoms with van der Waals surface area (Å²) < 4.78 is 1.70. The zero-order chi connectivity index (χ0) is 20.2. The van der Waals surface area contributed by atoms with Gasteiger partial charge in [0.15, 0.2) is 5.69 Å². The number of imidazole rings is 1. The van der Waals surface area contributed by atoms with Crippen LogP contribution in [0.4, 0.5) is 5.82 Å². The zero-order valence-corrected chi connectivity index (χ0v) is 16.4. The molecule has 0 radical (unpaired) electrons. The van der Waals surface area contributed by atoms with Gasteiger partial charge in [-0.15, -0.1) is 0 Å². The molecule has 0 unspecified atom stereocenters. The number of piperazine rings is 1. The van der Waals surface area contributed by atoms with E-state index in [-0.39, 0.29) is 23.3 Å². The Morgan fingerprint density at radius 1 is 1.07 bits per heavy atom. The highest BCUT2D eigenvalue weighted by atomic mass is 16.2. The van der Waals surface area contributed by atoms with Gasteiger partial charge in [-0.2, -0.15) is 0 Å². The van der Waals surface area contributed by atoms with Crippen LogP contribution in [0.5, 0.6) is 0 Å². The number of aromatic nitrogens is 3. The van der Waals surface area contributed by atoms with Gasteiger partial charge in [0.2, 0.25) is 5.82 Å². The van der Waals surface area contributed by atoms with Crippen LogP contribution in [0.15, 0.2) is 48.8 Å². The van der Waals surface area contributed by atoms with E-state index in [4.69, 9.17) is 0 Å². The van der Waals surface area contributed by atoms with E-state index in [9.17, 15) is 9.59 Å². The van der Waals surface area contributed by atoms with Crippen LogP contribution in [0.3, 0.4) is 0 Å². The lowest BCUT2D eigenvalue weighted by molar-refractivity contribution is 0.0733. The number of hydrogen-bond donors (Lipinski definition) is 1. The molecule has 3 aromatic heterocycles. The summed E-state index contributed by atoms with van der Waals surface area (Å²) in [4.78, 5) is 38.4. The normalized spacial score (nSPS) is 14.2. The molecule has 1 N–H and O–H groups in total. The van der Waals surface area contributed by atoms with E-state index in [2.05, 4.69) is 20.2 Å². The van der Waals surface area contributed by atoms with Gasteiger partial charge in [-0.3, -0.25) is 14.0 Å². The topological polar surface area (TPSA) is 82.8 Å². The van der Waals surface area contributed by atoms with Gasteiger partial charge in [-0.25, -0.2) is 9.97 Å². The van der Waals surface area contributed by atoms with Crippen LogP contribution in [0.25, 0.3) is 5.52 Å². The standard InChI is InChI=1S/C21H24N6O2/c1-2-9-23-20(28)18-16-7-4-6-11-27(16)19(24-18)21(29)26-14-12-25(13-15-26)17-8-3-5-10-22-17/h3-8,10-11H,2,9,12-15H2,1H3,(H,23,28). The molecule has 0 aromatic carbocycles. The first-order valence-electron chi connectivity index (χ1n) is 9.89. The minimum absolute atomic E-state index is 0.165. The summed E-state index contributed by atoms with van der Waals surface area (Å²) >= 11 is 0. The molecule has 0 saturated carbocycles. The Bertz CT molecular complexity index is 1010. The van der Waals surface area contributed by atoms with Crippen molar-refractivity contribution in [1.29, 1.82) is 0 Å². The van der Waals surface area contributed by atoms with Crippen molar-refractivity contribution >= 4 is 23.1 Å². The minimum Gasteiger partial charge on any atom is -0.353 e. The summed E-state index contributed by atoms with van der Waals surface area (Å²) in [6.45, 7) is 5.13. The van der Waals surface area contributed by atoms with Gasteiger partial charge in [-0.1, -0.05) is 19.1 Å². The molecule has 4 rings (SSSR count). The maximum atomic E-state index is 13.2. The quantitative estimate of drug-likeness (QED) is 0.716. The number of nitrogens with zero attached hydrogens (tertiary/aromatic N) is 5. The van der Waals surface area contributed by atoms with Gasteiger partial charge in [0.25, 0.3) is 11.8 Å². The van der Waals surface area contributed by atoms with Gasteiger partial charge in [-0.05, 0) is 30.7 Å². The van der Waals surface area contributed by atoms with Gasteiger partial charge in [0.05, 0.1) is 5.52 Å². The number of anilines is 1. The number of carbonyl (C=O) groups is 2. The van der Waals surface area contributed by atoms with Crippen LogP contribution in [-0.4, -0.2) is 63.8 Å². The summed E-state index contributed by atoms with van der Waals surface area (Å²) in [6.07, 6.45) is 4.38. The van der Waals surface area contributed by atoms with Crippen LogP contribution >= 0.6 is 0 Å². The summed E-state index contributed by atoms with van der Waals surface area (Å²) in [6, 6.07) is 11.3. The average Bonchev–Trinajstić information content (AvgIpc) is 3.17. The Kier molecular flexibility index (Phi) is 5.41. The van der Waals surface area contributed by atoms with Crippen molar-refractivity contribution in [2.24, 2.45) is 0 Å². The van der Waals surface area contributed by atoms with Crippen LogP contribution in [0.2, 0.25) is 0 Å². The van der Waals surface area contributed by atoms with Crippen molar-refractivity contribution in [3.8, 4) is 0 Å². The fourth-order valence-corrected chi connectivity index (χ4v) is 3.50. The number of hydrogen-bond acceptors (Lipinski definition) is 5. The number of amides is 2. The maximum absolute atomic E-state index is 13.2. The van der Waals surface area contributed by atoms with Crippen molar-refractivity contribution < 1.29 is 9.59 Å². The maximum Gasteiger partial charge on any atom is 0.290 e. The number of fused-ring (bicyclic) bond motifs is 1. The Hall–Kier alpha value is -3.42. The molecular weight excluding hydrogens is 368 g/mol. The van der Waals surface area contributed by atoms with E-state index >= 15 is 0 Å². The van der Waals surface area contributed by atoms with Crippen molar-refractivity contribution in [3.05, 3.63) is 60.3 Å². The molecule has 0 aliphatic carbocycles. The van der Waals surface area contributed by atoms with Crippen molar-refractivity contribution in [2.75, 3.05) is 37.6 Å². The van der Waals surface area contributed by atoms with Crippen molar-refractivity contribution in [3.63, 3.8) is 0 Å². The predicted octanol–water partition coefficient (Wildman–Crippen LogP) is 1.83. The third kappa shape index (κ3) is 3.78. The molecule has 1 saturated heterocycles. The van der Waals surface area contributed by atoms with Crippen LogP contribution < -0.4 is 10.2 Å². The molecule has 3 aromatic rings. The van der Waals surface area contributed by atoms with Gasteiger partial charge in [0, 0.05) is 45.1 Å². The first-order chi connectivity index (χ1) is 14.2. The number of nitrogens with one attached hydrogen (secondary N) is 1. The molecule has 1 aliphatic rings. The van der Waals surface area contributed by atoms with E-state index in [1.54, 1.807) is 21.7 Å². The second-order valence-electron chi connectivity index (χ2n) is 6.96. The molecule has 1 aliphatic heterocycles. The zero-order valence-electron chi connectivity index (χ0n) is 16.4. The van der Waals surface area contributed by atoms with Crippen LogP contribution in [-0.2, 0) is 0 Å². The van der Waals surface area contributed by atoms with E-state index in [1.165, 1.54) is 0 Å². The van der Waals surface area contributed by atoms with E-state index < -0.39 is 0 Å². The SMILES string of the molecule is CCCNC(=O)c1nc(C(=O)N2CCN(c3ccccn3)CC2)n2ccccc12. The first kappa shape index (κ1) is 18.9. The van der Waals surface area contributed by atoms with Crippen molar-refractivity contribution in [2.45, 2.75) is 13.3 Å². The van der Waals surface area contributed by atoms with E-state index in [0.717, 1.165) is 12.2 Å². The second-order valence-corrected chi connectivity index (χ2v) is 6.96. The summed E-state index contributed by atoms with van der Waals surface area (Å²) in [5.41, 5.74) is 0.922. The monoisotopic (exact) mass is 392 g/mol. The molecule has 8 nitrogen and oxygen atoms in total.